The van der Waals surface area contributed by atoms with Crippen molar-refractivity contribution in [1.29, 1.82) is 0 Å². The van der Waals surface area contributed by atoms with Gasteiger partial charge in [0, 0.05) is 54.9 Å². The van der Waals surface area contributed by atoms with Crippen LogP contribution in [0.25, 0.3) is 6.08 Å². The molecule has 0 bridgehead atoms. The SMILES string of the molecule is C[C@]1(CN2CCN(C(=O)O)CC2CC=Cc2c(F)cc(F)cc2F)Cn2cc([N+](=O)[O-])nc2O1. The van der Waals surface area contributed by atoms with E-state index < -0.39 is 34.1 Å². The molecule has 0 saturated carbocycles. The van der Waals surface area contributed by atoms with E-state index in [9.17, 15) is 33.2 Å². The second kappa shape index (κ2) is 8.97. The Morgan fingerprint density at radius 1 is 1.35 bits per heavy atom. The van der Waals surface area contributed by atoms with Gasteiger partial charge in [-0.2, -0.15) is 0 Å². The zero-order chi connectivity index (χ0) is 24.6. The van der Waals surface area contributed by atoms with Crippen LogP contribution in [0.5, 0.6) is 6.01 Å². The fraction of sp³-hybridized carbons (Fsp3) is 0.429. The molecule has 1 aromatic heterocycles. The quantitative estimate of drug-likeness (QED) is 0.498. The van der Waals surface area contributed by atoms with E-state index in [0.717, 1.165) is 0 Å². The van der Waals surface area contributed by atoms with Gasteiger partial charge in [0.1, 0.15) is 29.2 Å². The monoisotopic (exact) mass is 481 g/mol. The number of piperazine rings is 1. The summed E-state index contributed by atoms with van der Waals surface area (Å²) in [4.78, 5) is 29.0. The molecule has 34 heavy (non-hydrogen) atoms. The lowest BCUT2D eigenvalue weighted by atomic mass is 10.0. The molecule has 0 aliphatic carbocycles. The lowest BCUT2D eigenvalue weighted by Gasteiger charge is -2.42. The minimum absolute atomic E-state index is 0.136. The normalized spacial score (nSPS) is 22.7. The number of halogens is 3. The van der Waals surface area contributed by atoms with Crippen molar-refractivity contribution in [1.82, 2.24) is 19.4 Å². The van der Waals surface area contributed by atoms with Crippen molar-refractivity contribution in [2.45, 2.75) is 31.5 Å². The molecule has 0 radical (unpaired) electrons. The van der Waals surface area contributed by atoms with E-state index in [-0.39, 0.29) is 42.9 Å². The number of fused-ring (bicyclic) bond motifs is 1. The predicted octanol–water partition coefficient (Wildman–Crippen LogP) is 3.13. The van der Waals surface area contributed by atoms with E-state index in [2.05, 4.69) is 4.98 Å². The van der Waals surface area contributed by atoms with Crippen LogP contribution in [-0.2, 0) is 6.54 Å². The number of rotatable bonds is 6. The number of nitrogens with zero attached hydrogens (tertiary/aromatic N) is 5. The third kappa shape index (κ3) is 4.83. The summed E-state index contributed by atoms with van der Waals surface area (Å²) in [5, 5.41) is 20.3. The molecule has 2 aliphatic rings. The number of carbonyl (C=O) groups is 1. The lowest BCUT2D eigenvalue weighted by Crippen LogP contribution is -2.58. The first kappa shape index (κ1) is 23.5. The molecule has 1 saturated heterocycles. The molecule has 2 aromatic rings. The Bertz CT molecular complexity index is 1110. The summed E-state index contributed by atoms with van der Waals surface area (Å²) in [6, 6.07) is 0.995. The highest BCUT2D eigenvalue weighted by molar-refractivity contribution is 5.65. The van der Waals surface area contributed by atoms with E-state index in [1.54, 1.807) is 4.57 Å². The Kier molecular flexibility index (Phi) is 6.21. The van der Waals surface area contributed by atoms with Gasteiger partial charge in [0.05, 0.1) is 6.54 Å². The molecule has 10 nitrogen and oxygen atoms in total. The van der Waals surface area contributed by atoms with Gasteiger partial charge < -0.3 is 24.9 Å². The highest BCUT2D eigenvalue weighted by atomic mass is 19.1. The van der Waals surface area contributed by atoms with Gasteiger partial charge in [-0.15, -0.1) is 0 Å². The Labute approximate surface area is 192 Å². The molecule has 1 fully saturated rings. The van der Waals surface area contributed by atoms with Crippen molar-refractivity contribution >= 4 is 18.0 Å². The number of hydrogen-bond donors (Lipinski definition) is 1. The molecule has 1 N–H and O–H groups in total. The van der Waals surface area contributed by atoms with E-state index in [0.29, 0.717) is 31.8 Å². The van der Waals surface area contributed by atoms with Gasteiger partial charge in [-0.25, -0.2) is 18.0 Å². The van der Waals surface area contributed by atoms with Crippen molar-refractivity contribution in [2.75, 3.05) is 26.2 Å². The van der Waals surface area contributed by atoms with Crippen LogP contribution in [0.1, 0.15) is 18.9 Å². The minimum Gasteiger partial charge on any atom is -0.465 e. The first-order chi connectivity index (χ1) is 16.0. The molecule has 0 spiro atoms. The van der Waals surface area contributed by atoms with Crippen LogP contribution in [-0.4, -0.2) is 73.3 Å². The van der Waals surface area contributed by atoms with Crippen LogP contribution in [0.15, 0.2) is 24.4 Å². The van der Waals surface area contributed by atoms with Gasteiger partial charge in [0.15, 0.2) is 0 Å². The van der Waals surface area contributed by atoms with Crippen molar-refractivity contribution in [2.24, 2.45) is 0 Å². The maximum absolute atomic E-state index is 13.9. The number of nitro groups is 1. The molecule has 4 rings (SSSR count). The van der Waals surface area contributed by atoms with Crippen LogP contribution in [0, 0.1) is 27.6 Å². The maximum Gasteiger partial charge on any atom is 0.415 e. The zero-order valence-electron chi connectivity index (χ0n) is 18.2. The van der Waals surface area contributed by atoms with E-state index in [1.165, 1.54) is 23.2 Å². The third-order valence-electron chi connectivity index (χ3n) is 5.91. The molecule has 1 amide bonds. The van der Waals surface area contributed by atoms with Crippen molar-refractivity contribution < 1.29 is 32.7 Å². The summed E-state index contributed by atoms with van der Waals surface area (Å²) >= 11 is 0. The number of ether oxygens (including phenoxy) is 1. The zero-order valence-corrected chi connectivity index (χ0v) is 18.2. The average Bonchev–Trinajstić information content (AvgIpc) is 3.26. The molecule has 182 valence electrons. The molecule has 1 aromatic carbocycles. The van der Waals surface area contributed by atoms with Gasteiger partial charge in [0.2, 0.25) is 0 Å². The number of carboxylic acid groups (broad SMARTS) is 1. The standard InChI is InChI=1S/C21H22F3N5O5/c1-21(12-28-10-18(29(32)33)25-19(28)34-21)11-27-6-5-26(20(30)31)9-14(27)3-2-4-15-16(23)7-13(22)8-17(15)24/h2,4,7-8,10,14H,3,5-6,9,11-12H2,1H3,(H,30,31)/t14?,21-/m0/s1. The Morgan fingerprint density at radius 2 is 2.06 bits per heavy atom. The second-order valence-electron chi connectivity index (χ2n) is 8.59. The van der Waals surface area contributed by atoms with E-state index in [4.69, 9.17) is 4.74 Å². The Morgan fingerprint density at radius 3 is 2.68 bits per heavy atom. The summed E-state index contributed by atoms with van der Waals surface area (Å²) in [7, 11) is 0. The van der Waals surface area contributed by atoms with Crippen molar-refractivity contribution in [3.05, 3.63) is 57.5 Å². The highest BCUT2D eigenvalue weighted by Crippen LogP contribution is 2.32. The van der Waals surface area contributed by atoms with Gasteiger partial charge in [-0.3, -0.25) is 9.47 Å². The fourth-order valence-electron chi connectivity index (χ4n) is 4.35. The molecule has 1 unspecified atom stereocenters. The second-order valence-corrected chi connectivity index (χ2v) is 8.59. The largest absolute Gasteiger partial charge is 0.465 e. The van der Waals surface area contributed by atoms with Crippen LogP contribution < -0.4 is 4.74 Å². The topological polar surface area (TPSA) is 114 Å². The van der Waals surface area contributed by atoms with Crippen molar-refractivity contribution in [3.63, 3.8) is 0 Å². The number of hydrogen-bond acceptors (Lipinski definition) is 6. The number of amides is 1. The van der Waals surface area contributed by atoms with E-state index >= 15 is 0 Å². The average molecular weight is 481 g/mol. The highest BCUT2D eigenvalue weighted by Gasteiger charge is 2.43. The summed E-state index contributed by atoms with van der Waals surface area (Å²) in [6.07, 6.45) is 3.24. The Balaban J connectivity index is 1.47. The van der Waals surface area contributed by atoms with Gasteiger partial charge in [-0.1, -0.05) is 12.2 Å². The summed E-state index contributed by atoms with van der Waals surface area (Å²) in [5.41, 5.74) is -1.14. The fourth-order valence-corrected chi connectivity index (χ4v) is 4.35. The summed E-state index contributed by atoms with van der Waals surface area (Å²) in [6.45, 7) is 3.34. The molecule has 13 heteroatoms. The molecule has 2 aliphatic heterocycles. The predicted molar refractivity (Wildman–Crippen MR) is 113 cm³/mol. The van der Waals surface area contributed by atoms with Crippen molar-refractivity contribution in [3.8, 4) is 6.01 Å². The number of benzene rings is 1. The summed E-state index contributed by atoms with van der Waals surface area (Å²) in [5.74, 6) is -3.39. The van der Waals surface area contributed by atoms with Gasteiger partial charge in [0.25, 0.3) is 0 Å². The smallest absolute Gasteiger partial charge is 0.415 e. The van der Waals surface area contributed by atoms with Crippen LogP contribution in [0.2, 0.25) is 0 Å². The number of imidazole rings is 1. The minimum atomic E-state index is -1.07. The lowest BCUT2D eigenvalue weighted by molar-refractivity contribution is -0.389. The van der Waals surface area contributed by atoms with Gasteiger partial charge >= 0.3 is 17.9 Å². The maximum atomic E-state index is 13.9. The third-order valence-corrected chi connectivity index (χ3v) is 5.91. The van der Waals surface area contributed by atoms with Crippen LogP contribution in [0.3, 0.4) is 0 Å². The van der Waals surface area contributed by atoms with Crippen LogP contribution >= 0.6 is 0 Å². The van der Waals surface area contributed by atoms with Gasteiger partial charge in [-0.05, 0) is 18.3 Å². The molecular formula is C21H22F3N5O5. The van der Waals surface area contributed by atoms with Crippen LogP contribution in [0.4, 0.5) is 23.8 Å². The molecular weight excluding hydrogens is 459 g/mol. The van der Waals surface area contributed by atoms with E-state index in [1.807, 2.05) is 11.8 Å². The first-order valence-electron chi connectivity index (χ1n) is 10.5. The Hall–Kier alpha value is -3.61. The first-order valence-corrected chi connectivity index (χ1v) is 10.5. The molecule has 2 atom stereocenters. The number of aromatic nitrogens is 2. The summed E-state index contributed by atoms with van der Waals surface area (Å²) < 4.78 is 48.4. The molecule has 3 heterocycles.